The average Bonchev–Trinajstić information content (AvgIpc) is 2.92. The Bertz CT molecular complexity index is 973. The highest BCUT2D eigenvalue weighted by Gasteiger charge is 2.17. The molecule has 1 heterocycles. The fraction of sp³-hybridized carbons (Fsp3) is 0.409. The molecule has 0 saturated heterocycles. The Labute approximate surface area is 175 Å². The topological polar surface area (TPSA) is 85.8 Å². The van der Waals surface area contributed by atoms with Crippen molar-refractivity contribution in [3.05, 3.63) is 53.9 Å². The zero-order valence-corrected chi connectivity index (χ0v) is 17.3. The van der Waals surface area contributed by atoms with Crippen LogP contribution in [-0.4, -0.2) is 32.6 Å². The number of carbonyl (C=O) groups excluding carboxylic acids is 1. The fourth-order valence-electron chi connectivity index (χ4n) is 3.97. The predicted molar refractivity (Wildman–Crippen MR) is 117 cm³/mol. The summed E-state index contributed by atoms with van der Waals surface area (Å²) in [5, 5.41) is 14.6. The summed E-state index contributed by atoms with van der Waals surface area (Å²) in [6, 6.07) is 14.8. The van der Waals surface area contributed by atoms with Gasteiger partial charge in [0.05, 0.1) is 5.75 Å². The van der Waals surface area contributed by atoms with Gasteiger partial charge in [-0.2, -0.15) is 0 Å². The van der Waals surface area contributed by atoms with E-state index in [4.69, 9.17) is 5.84 Å². The number of nitrogens with two attached hydrogens (primary N) is 1. The molecular weight excluding hydrogens is 382 g/mol. The van der Waals surface area contributed by atoms with E-state index in [1.807, 2.05) is 18.2 Å². The molecule has 0 unspecified atom stereocenters. The van der Waals surface area contributed by atoms with Gasteiger partial charge in [0.1, 0.15) is 0 Å². The molecule has 3 aromatic rings. The van der Waals surface area contributed by atoms with Crippen LogP contribution < -0.4 is 11.2 Å². The van der Waals surface area contributed by atoms with Crippen LogP contribution in [0.2, 0.25) is 0 Å². The van der Waals surface area contributed by atoms with Crippen molar-refractivity contribution in [3.8, 4) is 0 Å². The Hall–Kier alpha value is -2.54. The van der Waals surface area contributed by atoms with E-state index in [0.717, 1.165) is 18.4 Å². The van der Waals surface area contributed by atoms with Crippen molar-refractivity contribution in [1.29, 1.82) is 0 Å². The standard InChI is InChI=1S/C22H27N5OS/c23-27-20(14-17-10-7-9-16-8-5-6-13-19(16)17)25-26-22(27)29-15-21(28)24-18-11-3-1-2-4-12-18/h5-10,13,18H,1-4,11-12,14-15,23H2,(H,24,28). The van der Waals surface area contributed by atoms with Crippen LogP contribution in [0.3, 0.4) is 0 Å². The average molecular weight is 410 g/mol. The molecule has 1 aliphatic carbocycles. The number of thioether (sulfide) groups is 1. The molecule has 0 spiro atoms. The lowest BCUT2D eigenvalue weighted by atomic mass is 10.0. The summed E-state index contributed by atoms with van der Waals surface area (Å²) in [5.74, 6) is 7.26. The van der Waals surface area contributed by atoms with Crippen LogP contribution in [0.4, 0.5) is 0 Å². The number of nitrogens with zero attached hydrogens (tertiary/aromatic N) is 3. The Morgan fingerprint density at radius 3 is 2.66 bits per heavy atom. The van der Waals surface area contributed by atoms with Gasteiger partial charge in [0, 0.05) is 12.5 Å². The summed E-state index contributed by atoms with van der Waals surface area (Å²) in [4.78, 5) is 12.3. The van der Waals surface area contributed by atoms with Crippen molar-refractivity contribution in [2.75, 3.05) is 11.6 Å². The van der Waals surface area contributed by atoms with Gasteiger partial charge in [0.25, 0.3) is 0 Å². The van der Waals surface area contributed by atoms with E-state index in [0.29, 0.717) is 29.2 Å². The van der Waals surface area contributed by atoms with Gasteiger partial charge in [-0.3, -0.25) is 4.79 Å². The minimum absolute atomic E-state index is 0.0421. The molecule has 3 N–H and O–H groups in total. The maximum Gasteiger partial charge on any atom is 0.230 e. The third kappa shape index (κ3) is 4.90. The van der Waals surface area contributed by atoms with E-state index in [2.05, 4.69) is 39.8 Å². The number of hydrogen-bond acceptors (Lipinski definition) is 5. The number of carbonyl (C=O) groups is 1. The van der Waals surface area contributed by atoms with Crippen LogP contribution in [0.1, 0.15) is 49.9 Å². The first-order valence-electron chi connectivity index (χ1n) is 10.3. The highest BCUT2D eigenvalue weighted by Crippen LogP contribution is 2.22. The molecule has 152 valence electrons. The minimum atomic E-state index is 0.0421. The van der Waals surface area contributed by atoms with Crippen LogP contribution in [0.5, 0.6) is 0 Å². The van der Waals surface area contributed by atoms with Gasteiger partial charge in [-0.25, -0.2) is 4.68 Å². The van der Waals surface area contributed by atoms with Gasteiger partial charge in [-0.1, -0.05) is 79.9 Å². The largest absolute Gasteiger partial charge is 0.353 e. The number of nitrogens with one attached hydrogen (secondary N) is 1. The quantitative estimate of drug-likeness (QED) is 0.369. The molecule has 7 heteroatoms. The molecule has 0 atom stereocenters. The highest BCUT2D eigenvalue weighted by molar-refractivity contribution is 7.99. The molecule has 0 bridgehead atoms. The summed E-state index contributed by atoms with van der Waals surface area (Å²) in [6.07, 6.45) is 7.71. The predicted octanol–water partition coefficient (Wildman–Crippen LogP) is 3.67. The van der Waals surface area contributed by atoms with Crippen LogP contribution in [0, 0.1) is 0 Å². The van der Waals surface area contributed by atoms with Gasteiger partial charge < -0.3 is 11.2 Å². The molecule has 2 aromatic carbocycles. The van der Waals surface area contributed by atoms with Crippen molar-refractivity contribution < 1.29 is 4.79 Å². The number of benzene rings is 2. The second-order valence-corrected chi connectivity index (χ2v) is 8.57. The van der Waals surface area contributed by atoms with Crippen LogP contribution in [0.25, 0.3) is 10.8 Å². The van der Waals surface area contributed by atoms with Crippen LogP contribution in [-0.2, 0) is 11.2 Å². The molecule has 1 saturated carbocycles. The zero-order valence-electron chi connectivity index (χ0n) is 16.5. The Kier molecular flexibility index (Phi) is 6.34. The molecule has 4 rings (SSSR count). The molecule has 6 nitrogen and oxygen atoms in total. The Morgan fingerprint density at radius 1 is 1.07 bits per heavy atom. The summed E-state index contributed by atoms with van der Waals surface area (Å²) >= 11 is 1.34. The smallest absolute Gasteiger partial charge is 0.230 e. The number of rotatable bonds is 6. The van der Waals surface area contributed by atoms with E-state index in [-0.39, 0.29) is 5.91 Å². The molecule has 0 aliphatic heterocycles. The molecule has 1 aromatic heterocycles. The van der Waals surface area contributed by atoms with Crippen molar-refractivity contribution in [2.45, 2.75) is 56.1 Å². The minimum Gasteiger partial charge on any atom is -0.353 e. The van der Waals surface area contributed by atoms with Crippen molar-refractivity contribution in [2.24, 2.45) is 0 Å². The van der Waals surface area contributed by atoms with E-state index >= 15 is 0 Å². The lowest BCUT2D eigenvalue weighted by molar-refractivity contribution is -0.119. The number of amides is 1. The van der Waals surface area contributed by atoms with Crippen molar-refractivity contribution in [1.82, 2.24) is 20.2 Å². The zero-order chi connectivity index (χ0) is 20.1. The number of nitrogen functional groups attached to an aromatic ring is 1. The SMILES string of the molecule is Nn1c(Cc2cccc3ccccc23)nnc1SCC(=O)NC1CCCCCC1. The van der Waals surface area contributed by atoms with E-state index in [1.165, 1.54) is 52.9 Å². The van der Waals surface area contributed by atoms with Crippen molar-refractivity contribution in [3.63, 3.8) is 0 Å². The maximum atomic E-state index is 12.3. The maximum absolute atomic E-state index is 12.3. The monoisotopic (exact) mass is 409 g/mol. The van der Waals surface area contributed by atoms with Gasteiger partial charge in [0.2, 0.25) is 11.1 Å². The summed E-state index contributed by atoms with van der Waals surface area (Å²) in [5.41, 5.74) is 1.16. The van der Waals surface area contributed by atoms with E-state index < -0.39 is 0 Å². The normalized spacial score (nSPS) is 15.3. The Balaban J connectivity index is 1.37. The second kappa shape index (κ2) is 9.31. The van der Waals surface area contributed by atoms with E-state index in [9.17, 15) is 4.79 Å². The number of aromatic nitrogens is 3. The van der Waals surface area contributed by atoms with E-state index in [1.54, 1.807) is 0 Å². The Morgan fingerprint density at radius 2 is 1.83 bits per heavy atom. The first-order valence-corrected chi connectivity index (χ1v) is 11.3. The molecule has 1 amide bonds. The number of hydrogen-bond donors (Lipinski definition) is 2. The summed E-state index contributed by atoms with van der Waals surface area (Å²) in [6.45, 7) is 0. The van der Waals surface area contributed by atoms with Crippen LogP contribution >= 0.6 is 11.8 Å². The first-order chi connectivity index (χ1) is 14.2. The van der Waals surface area contributed by atoms with Crippen LogP contribution in [0.15, 0.2) is 47.6 Å². The lowest BCUT2D eigenvalue weighted by Crippen LogP contribution is -2.35. The second-order valence-electron chi connectivity index (χ2n) is 7.63. The number of fused-ring (bicyclic) bond motifs is 1. The molecule has 0 radical (unpaired) electrons. The molecule has 1 fully saturated rings. The van der Waals surface area contributed by atoms with Gasteiger partial charge in [-0.05, 0) is 29.2 Å². The van der Waals surface area contributed by atoms with Gasteiger partial charge >= 0.3 is 0 Å². The summed E-state index contributed by atoms with van der Waals surface area (Å²) in [7, 11) is 0. The fourth-order valence-corrected chi connectivity index (χ4v) is 4.65. The van der Waals surface area contributed by atoms with Gasteiger partial charge in [0.15, 0.2) is 5.82 Å². The van der Waals surface area contributed by atoms with Gasteiger partial charge in [-0.15, -0.1) is 10.2 Å². The third-order valence-electron chi connectivity index (χ3n) is 5.52. The third-order valence-corrected chi connectivity index (χ3v) is 6.46. The molecule has 1 aliphatic rings. The highest BCUT2D eigenvalue weighted by atomic mass is 32.2. The molecule has 29 heavy (non-hydrogen) atoms. The van der Waals surface area contributed by atoms with Crippen molar-refractivity contribution >= 4 is 28.4 Å². The first kappa shape index (κ1) is 19.8. The molecular formula is C22H27N5OS. The summed E-state index contributed by atoms with van der Waals surface area (Å²) < 4.78 is 1.51. The lowest BCUT2D eigenvalue weighted by Gasteiger charge is -2.15.